The van der Waals surface area contributed by atoms with Crippen LogP contribution >= 0.6 is 27.5 Å². The molecule has 92 valence electrons. The Balaban J connectivity index is 2.28. The average Bonchev–Trinajstić information content (AvgIpc) is 2.35. The standard InChI is InChI=1S/C13H8BrClFNO/c14-10-6-5-8(15)7-9(10)13(18)17-12-4-2-1-3-11(12)16/h1-7H,(H,17,18). The highest BCUT2D eigenvalue weighted by Gasteiger charge is 2.12. The zero-order valence-corrected chi connectivity index (χ0v) is 11.4. The van der Waals surface area contributed by atoms with Crippen molar-refractivity contribution in [3.05, 3.63) is 63.3 Å². The highest BCUT2D eigenvalue weighted by Crippen LogP contribution is 2.23. The molecule has 5 heteroatoms. The Morgan fingerprint density at radius 1 is 1.22 bits per heavy atom. The number of halogens is 3. The maximum Gasteiger partial charge on any atom is 0.256 e. The number of rotatable bonds is 2. The van der Waals surface area contributed by atoms with Crippen molar-refractivity contribution in [2.24, 2.45) is 0 Å². The molecular formula is C13H8BrClFNO. The van der Waals surface area contributed by atoms with Crippen LogP contribution in [0.5, 0.6) is 0 Å². The first kappa shape index (κ1) is 13.1. The lowest BCUT2D eigenvalue weighted by atomic mass is 10.2. The minimum atomic E-state index is -0.482. The molecule has 0 atom stereocenters. The third kappa shape index (κ3) is 2.89. The fourth-order valence-electron chi connectivity index (χ4n) is 1.42. The van der Waals surface area contributed by atoms with Crippen molar-refractivity contribution in [2.45, 2.75) is 0 Å². The van der Waals surface area contributed by atoms with Crippen molar-refractivity contribution in [2.75, 3.05) is 5.32 Å². The summed E-state index contributed by atoms with van der Waals surface area (Å²) in [7, 11) is 0. The van der Waals surface area contributed by atoms with Gasteiger partial charge in [0.25, 0.3) is 5.91 Å². The van der Waals surface area contributed by atoms with Crippen LogP contribution in [0.2, 0.25) is 5.02 Å². The van der Waals surface area contributed by atoms with E-state index in [1.165, 1.54) is 18.2 Å². The predicted octanol–water partition coefficient (Wildman–Crippen LogP) is 4.49. The number of hydrogen-bond acceptors (Lipinski definition) is 1. The monoisotopic (exact) mass is 327 g/mol. The Bertz CT molecular complexity index is 603. The van der Waals surface area contributed by atoms with Crippen molar-refractivity contribution in [1.82, 2.24) is 0 Å². The minimum absolute atomic E-state index is 0.134. The number of para-hydroxylation sites is 1. The molecule has 0 aliphatic heterocycles. The zero-order valence-electron chi connectivity index (χ0n) is 9.08. The molecule has 0 aliphatic carbocycles. The van der Waals surface area contributed by atoms with Crippen LogP contribution in [0, 0.1) is 5.82 Å². The smallest absolute Gasteiger partial charge is 0.256 e. The molecule has 2 rings (SSSR count). The molecule has 0 radical (unpaired) electrons. The first-order chi connectivity index (χ1) is 8.58. The van der Waals surface area contributed by atoms with Gasteiger partial charge in [-0.05, 0) is 46.3 Å². The van der Waals surface area contributed by atoms with Gasteiger partial charge in [0.05, 0.1) is 11.3 Å². The second kappa shape index (κ2) is 5.50. The first-order valence-electron chi connectivity index (χ1n) is 5.09. The van der Waals surface area contributed by atoms with Gasteiger partial charge in [0.1, 0.15) is 5.82 Å². The van der Waals surface area contributed by atoms with E-state index in [0.717, 1.165) is 0 Å². The lowest BCUT2D eigenvalue weighted by Gasteiger charge is -2.08. The Morgan fingerprint density at radius 3 is 2.67 bits per heavy atom. The number of nitrogens with one attached hydrogen (secondary N) is 1. The quantitative estimate of drug-likeness (QED) is 0.864. The summed E-state index contributed by atoms with van der Waals surface area (Å²) in [4.78, 5) is 12.0. The van der Waals surface area contributed by atoms with Gasteiger partial charge in [-0.2, -0.15) is 0 Å². The molecule has 0 fully saturated rings. The van der Waals surface area contributed by atoms with Crippen LogP contribution < -0.4 is 5.32 Å². The van der Waals surface area contributed by atoms with Crippen molar-refractivity contribution in [3.63, 3.8) is 0 Å². The Kier molecular flexibility index (Phi) is 3.99. The van der Waals surface area contributed by atoms with E-state index < -0.39 is 11.7 Å². The summed E-state index contributed by atoms with van der Waals surface area (Å²) in [5.74, 6) is -0.904. The van der Waals surface area contributed by atoms with Gasteiger partial charge in [-0.1, -0.05) is 23.7 Å². The van der Waals surface area contributed by atoms with Gasteiger partial charge < -0.3 is 5.32 Å². The summed E-state index contributed by atoms with van der Waals surface area (Å²) in [5.41, 5.74) is 0.486. The highest BCUT2D eigenvalue weighted by molar-refractivity contribution is 9.10. The fourth-order valence-corrected chi connectivity index (χ4v) is 2.02. The molecule has 0 saturated heterocycles. The van der Waals surface area contributed by atoms with Crippen LogP contribution in [0.25, 0.3) is 0 Å². The summed E-state index contributed by atoms with van der Waals surface area (Å²) in [5, 5.41) is 2.93. The largest absolute Gasteiger partial charge is 0.319 e. The van der Waals surface area contributed by atoms with E-state index in [2.05, 4.69) is 21.2 Å². The van der Waals surface area contributed by atoms with Crippen LogP contribution in [0.15, 0.2) is 46.9 Å². The molecule has 18 heavy (non-hydrogen) atoms. The number of carbonyl (C=O) groups excluding carboxylic acids is 1. The summed E-state index contributed by atoms with van der Waals surface area (Å²) in [6.45, 7) is 0. The number of anilines is 1. The number of benzene rings is 2. The van der Waals surface area contributed by atoms with Gasteiger partial charge in [-0.3, -0.25) is 4.79 Å². The van der Waals surface area contributed by atoms with Crippen LogP contribution in [0.1, 0.15) is 10.4 Å². The van der Waals surface area contributed by atoms with Crippen LogP contribution in [0.3, 0.4) is 0 Å². The first-order valence-corrected chi connectivity index (χ1v) is 6.26. The Labute approximate surface area is 117 Å². The van der Waals surface area contributed by atoms with Crippen LogP contribution in [-0.2, 0) is 0 Å². The minimum Gasteiger partial charge on any atom is -0.319 e. The SMILES string of the molecule is O=C(Nc1ccccc1F)c1cc(Cl)ccc1Br. The third-order valence-corrected chi connectivity index (χ3v) is 3.22. The molecule has 0 aromatic heterocycles. The van der Waals surface area contributed by atoms with E-state index in [0.29, 0.717) is 15.1 Å². The van der Waals surface area contributed by atoms with Crippen molar-refractivity contribution < 1.29 is 9.18 Å². The van der Waals surface area contributed by atoms with Gasteiger partial charge in [0, 0.05) is 9.50 Å². The Morgan fingerprint density at radius 2 is 1.94 bits per heavy atom. The molecule has 0 heterocycles. The molecule has 0 aliphatic rings. The van der Waals surface area contributed by atoms with E-state index in [-0.39, 0.29) is 5.69 Å². The molecule has 0 bridgehead atoms. The molecular weight excluding hydrogens is 321 g/mol. The van der Waals surface area contributed by atoms with Gasteiger partial charge in [-0.15, -0.1) is 0 Å². The van der Waals surface area contributed by atoms with Crippen molar-refractivity contribution >= 4 is 39.1 Å². The normalized spacial score (nSPS) is 10.2. The second-order valence-corrected chi connectivity index (χ2v) is 4.85. The number of hydrogen-bond donors (Lipinski definition) is 1. The summed E-state index contributed by atoms with van der Waals surface area (Å²) in [6.07, 6.45) is 0. The van der Waals surface area contributed by atoms with Crippen molar-refractivity contribution in [3.8, 4) is 0 Å². The lowest BCUT2D eigenvalue weighted by Crippen LogP contribution is -2.13. The summed E-state index contributed by atoms with van der Waals surface area (Å²) >= 11 is 9.07. The summed E-state index contributed by atoms with van der Waals surface area (Å²) in [6, 6.07) is 10.8. The maximum atomic E-state index is 13.4. The van der Waals surface area contributed by atoms with Gasteiger partial charge in [0.2, 0.25) is 0 Å². The third-order valence-electron chi connectivity index (χ3n) is 2.30. The molecule has 2 aromatic carbocycles. The number of amides is 1. The molecule has 2 aromatic rings. The molecule has 1 amide bonds. The van der Waals surface area contributed by atoms with Gasteiger partial charge in [-0.25, -0.2) is 4.39 Å². The Hall–Kier alpha value is -1.39. The van der Waals surface area contributed by atoms with E-state index in [4.69, 9.17) is 11.6 Å². The second-order valence-electron chi connectivity index (χ2n) is 3.56. The predicted molar refractivity (Wildman–Crippen MR) is 73.5 cm³/mol. The van der Waals surface area contributed by atoms with E-state index >= 15 is 0 Å². The highest BCUT2D eigenvalue weighted by atomic mass is 79.9. The fraction of sp³-hybridized carbons (Fsp3) is 0. The van der Waals surface area contributed by atoms with Crippen LogP contribution in [-0.4, -0.2) is 5.91 Å². The number of carbonyl (C=O) groups is 1. The van der Waals surface area contributed by atoms with E-state index in [9.17, 15) is 9.18 Å². The van der Waals surface area contributed by atoms with Gasteiger partial charge in [0.15, 0.2) is 0 Å². The average molecular weight is 329 g/mol. The summed E-state index contributed by atoms with van der Waals surface area (Å²) < 4.78 is 14.0. The van der Waals surface area contributed by atoms with Crippen molar-refractivity contribution in [1.29, 1.82) is 0 Å². The molecule has 0 unspecified atom stereocenters. The van der Waals surface area contributed by atoms with Crippen LogP contribution in [0.4, 0.5) is 10.1 Å². The topological polar surface area (TPSA) is 29.1 Å². The molecule has 0 saturated carbocycles. The molecule has 2 nitrogen and oxygen atoms in total. The van der Waals surface area contributed by atoms with E-state index in [1.54, 1.807) is 24.3 Å². The molecule has 0 spiro atoms. The zero-order chi connectivity index (χ0) is 13.1. The molecule has 1 N–H and O–H groups in total. The van der Waals surface area contributed by atoms with E-state index in [1.807, 2.05) is 0 Å². The maximum absolute atomic E-state index is 13.4. The van der Waals surface area contributed by atoms with Gasteiger partial charge >= 0.3 is 0 Å². The lowest BCUT2D eigenvalue weighted by molar-refractivity contribution is 0.102.